The second-order valence-corrected chi connectivity index (χ2v) is 6.05. The maximum atomic E-state index is 12.7. The number of nitrogens with two attached hydrogens (primary N) is 2. The molecule has 0 aliphatic rings. The third-order valence-electron chi connectivity index (χ3n) is 3.55. The van der Waals surface area contributed by atoms with E-state index in [1.807, 2.05) is 0 Å². The smallest absolute Gasteiger partial charge is 0.507 e. The van der Waals surface area contributed by atoms with Crippen molar-refractivity contribution in [2.24, 2.45) is 0 Å². The fourth-order valence-electron chi connectivity index (χ4n) is 2.07. The molecule has 3 aromatic carbocycles. The van der Waals surface area contributed by atoms with Crippen molar-refractivity contribution >= 4 is 30.1 Å². The van der Waals surface area contributed by atoms with Crippen molar-refractivity contribution in [3.8, 4) is 5.75 Å². The molecule has 3 rings (SSSR count). The molecule has 17 heteroatoms. The van der Waals surface area contributed by atoms with Gasteiger partial charge in [0.1, 0.15) is 0 Å². The van der Waals surface area contributed by atoms with E-state index >= 15 is 0 Å². The van der Waals surface area contributed by atoms with Gasteiger partial charge in [-0.2, -0.15) is 8.78 Å². The number of nitrogens with zero attached hydrogens (tertiary/aromatic N) is 2. The van der Waals surface area contributed by atoms with Gasteiger partial charge in [0.15, 0.2) is 5.75 Å². The molecular formula is C18H14BF5N4O7. The molecule has 3 aromatic rings. The van der Waals surface area contributed by atoms with E-state index in [-0.39, 0.29) is 11.4 Å². The number of non-ortho nitro benzene ring substituents is 2. The average molecular weight is 504 g/mol. The van der Waals surface area contributed by atoms with Crippen LogP contribution in [0, 0.1) is 49.3 Å². The van der Waals surface area contributed by atoms with Crippen molar-refractivity contribution in [2.45, 2.75) is 0 Å². The zero-order valence-electron chi connectivity index (χ0n) is 17.1. The fourth-order valence-corrected chi connectivity index (χ4v) is 2.07. The predicted octanol–water partition coefficient (Wildman–Crippen LogP) is 3.08. The zero-order valence-corrected chi connectivity index (χ0v) is 17.1. The summed E-state index contributed by atoms with van der Waals surface area (Å²) in [6, 6.07) is 11.7. The van der Waals surface area contributed by atoms with Crippen molar-refractivity contribution in [3.63, 3.8) is 0 Å². The van der Waals surface area contributed by atoms with Crippen LogP contribution in [0.2, 0.25) is 0 Å². The topological polar surface area (TPSA) is 188 Å². The lowest BCUT2D eigenvalue weighted by Crippen LogP contribution is -2.23. The lowest BCUT2D eigenvalue weighted by molar-refractivity contribution is -0.385. The van der Waals surface area contributed by atoms with Gasteiger partial charge in [-0.15, -0.1) is 0 Å². The molecule has 0 amide bonds. The second kappa shape index (κ2) is 12.7. The Bertz CT molecular complexity index is 1140. The summed E-state index contributed by atoms with van der Waals surface area (Å²) in [6.45, 7) is 0. The highest BCUT2D eigenvalue weighted by Gasteiger charge is 2.29. The molecule has 0 saturated heterocycles. The Kier molecular flexibility index (Phi) is 10.3. The van der Waals surface area contributed by atoms with Gasteiger partial charge in [-0.1, -0.05) is 12.1 Å². The lowest BCUT2D eigenvalue weighted by atomic mass is 10.2. The van der Waals surface area contributed by atoms with Crippen molar-refractivity contribution in [2.75, 3.05) is 11.5 Å². The van der Waals surface area contributed by atoms with Crippen LogP contribution in [-0.2, 0) is 0 Å². The molecular weight excluding hydrogens is 490 g/mol. The Balaban J connectivity index is 0.000000271. The molecule has 0 radical (unpaired) electrons. The van der Waals surface area contributed by atoms with Crippen molar-refractivity contribution in [1.29, 1.82) is 0 Å². The molecule has 0 bridgehead atoms. The first kappa shape index (κ1) is 28.5. The first-order chi connectivity index (χ1) is 16.3. The number of anilines is 2. The molecule has 0 fully saturated rings. The normalized spacial score (nSPS) is 9.69. The summed E-state index contributed by atoms with van der Waals surface area (Å²) in [5.41, 5.74) is 11.5. The van der Waals surface area contributed by atoms with Crippen LogP contribution in [-0.4, -0.2) is 27.2 Å². The van der Waals surface area contributed by atoms with Crippen LogP contribution >= 0.6 is 0 Å². The number of nitro benzene ring substituents is 2. The van der Waals surface area contributed by atoms with E-state index in [0.29, 0.717) is 11.4 Å². The minimum Gasteiger partial charge on any atom is -0.507 e. The van der Waals surface area contributed by atoms with E-state index in [9.17, 15) is 42.2 Å². The van der Waals surface area contributed by atoms with E-state index in [2.05, 4.69) is 4.65 Å². The van der Waals surface area contributed by atoms with Gasteiger partial charge in [0.05, 0.1) is 9.85 Å². The van der Waals surface area contributed by atoms with Crippen LogP contribution in [0.1, 0.15) is 0 Å². The van der Waals surface area contributed by atoms with Crippen molar-refractivity contribution in [1.82, 2.24) is 0 Å². The molecule has 0 heterocycles. The molecule has 0 spiro atoms. The van der Waals surface area contributed by atoms with Crippen molar-refractivity contribution in [3.05, 3.63) is 97.8 Å². The quantitative estimate of drug-likeness (QED) is 0.0787. The fraction of sp³-hybridized carbons (Fsp3) is 0. The predicted molar refractivity (Wildman–Crippen MR) is 112 cm³/mol. The highest BCUT2D eigenvalue weighted by atomic mass is 19.2. The van der Waals surface area contributed by atoms with Gasteiger partial charge in [-0.3, -0.25) is 20.2 Å². The minimum atomic E-state index is -2.70. The maximum Gasteiger partial charge on any atom is 0.707 e. The van der Waals surface area contributed by atoms with Crippen LogP contribution in [0.4, 0.5) is 44.7 Å². The number of nitro groups is 2. The molecule has 35 heavy (non-hydrogen) atoms. The van der Waals surface area contributed by atoms with Crippen LogP contribution in [0.3, 0.4) is 0 Å². The number of rotatable bonds is 4. The Morgan fingerprint density at radius 1 is 0.714 bits per heavy atom. The Morgan fingerprint density at radius 2 is 1.06 bits per heavy atom. The summed E-state index contributed by atoms with van der Waals surface area (Å²) in [5, 5.41) is 36.5. The summed E-state index contributed by atoms with van der Waals surface area (Å²) < 4.78 is 66.3. The standard InChI is InChI=1S/C6H2BF5O3.2C6H6N2O2/c8-1-2(9)4(11)6(15-7(13)14)5(12)3(1)10;2*7-5-2-1-3-6(4-5)8(9)10/h13-14H;2*1-4H,7H2. The highest BCUT2D eigenvalue weighted by Crippen LogP contribution is 2.29. The number of nitrogen functional groups attached to an aromatic ring is 2. The summed E-state index contributed by atoms with van der Waals surface area (Å²) in [7, 11) is -2.70. The first-order valence-electron chi connectivity index (χ1n) is 8.80. The molecule has 11 nitrogen and oxygen atoms in total. The van der Waals surface area contributed by atoms with Crippen LogP contribution in [0.15, 0.2) is 48.5 Å². The van der Waals surface area contributed by atoms with Gasteiger partial charge in [0.2, 0.25) is 29.1 Å². The summed E-state index contributed by atoms with van der Waals surface area (Å²) in [4.78, 5) is 19.3. The number of halogens is 5. The van der Waals surface area contributed by atoms with Gasteiger partial charge < -0.3 is 26.2 Å². The molecule has 0 aliphatic heterocycles. The van der Waals surface area contributed by atoms with E-state index in [4.69, 9.17) is 21.5 Å². The highest BCUT2D eigenvalue weighted by molar-refractivity contribution is 6.33. The van der Waals surface area contributed by atoms with E-state index < -0.39 is 52.0 Å². The van der Waals surface area contributed by atoms with Gasteiger partial charge in [0.25, 0.3) is 11.4 Å². The molecule has 0 aromatic heterocycles. The third-order valence-corrected chi connectivity index (χ3v) is 3.55. The molecule has 186 valence electrons. The Morgan fingerprint density at radius 3 is 1.31 bits per heavy atom. The van der Waals surface area contributed by atoms with Gasteiger partial charge in [-0.25, -0.2) is 13.2 Å². The van der Waals surface area contributed by atoms with Crippen LogP contribution in [0.5, 0.6) is 5.75 Å². The molecule has 0 unspecified atom stereocenters. The van der Waals surface area contributed by atoms with Gasteiger partial charge in [-0.05, 0) is 12.1 Å². The summed E-state index contributed by atoms with van der Waals surface area (Å²) >= 11 is 0. The van der Waals surface area contributed by atoms with Gasteiger partial charge >= 0.3 is 7.32 Å². The van der Waals surface area contributed by atoms with Crippen LogP contribution in [0.25, 0.3) is 0 Å². The molecule has 0 atom stereocenters. The zero-order chi connectivity index (χ0) is 26.9. The van der Waals surface area contributed by atoms with E-state index in [0.717, 1.165) is 0 Å². The lowest BCUT2D eigenvalue weighted by Gasteiger charge is -2.08. The first-order valence-corrected chi connectivity index (χ1v) is 8.80. The molecule has 6 N–H and O–H groups in total. The number of hydrogen-bond donors (Lipinski definition) is 4. The summed E-state index contributed by atoms with van der Waals surface area (Å²) in [5.74, 6) is -13.1. The summed E-state index contributed by atoms with van der Waals surface area (Å²) in [6.07, 6.45) is 0. The largest absolute Gasteiger partial charge is 0.707 e. The average Bonchev–Trinajstić information content (AvgIpc) is 2.80. The van der Waals surface area contributed by atoms with Crippen LogP contribution < -0.4 is 16.1 Å². The van der Waals surface area contributed by atoms with E-state index in [1.165, 1.54) is 24.3 Å². The number of hydrogen-bond acceptors (Lipinski definition) is 9. The SMILES string of the molecule is Nc1cccc([N+](=O)[O-])c1.Nc1cccc([N+](=O)[O-])c1.OB(O)Oc1c(F)c(F)c(F)c(F)c1F. The minimum absolute atomic E-state index is 0.0278. The van der Waals surface area contributed by atoms with E-state index in [1.54, 1.807) is 24.3 Å². The van der Waals surface area contributed by atoms with Gasteiger partial charge in [0, 0.05) is 35.6 Å². The Labute approximate surface area is 192 Å². The number of benzene rings is 3. The second-order valence-electron chi connectivity index (χ2n) is 6.05. The maximum absolute atomic E-state index is 12.7. The monoisotopic (exact) mass is 504 g/mol. The third kappa shape index (κ3) is 8.41. The molecule has 0 saturated carbocycles. The van der Waals surface area contributed by atoms with Crippen molar-refractivity contribution < 1.29 is 46.5 Å². The Hall–Kier alpha value is -4.51. The molecule has 0 aliphatic carbocycles.